The molecule has 0 unspecified atom stereocenters. The number of amides is 1. The first-order chi connectivity index (χ1) is 12.0. The molecular formula is C19H20N2O3S. The molecule has 2 aromatic carbocycles. The van der Waals surface area contributed by atoms with Gasteiger partial charge in [0.2, 0.25) is 0 Å². The van der Waals surface area contributed by atoms with Gasteiger partial charge < -0.3 is 14.8 Å². The normalized spacial score (nSPS) is 9.84. The summed E-state index contributed by atoms with van der Waals surface area (Å²) in [4.78, 5) is 12.3. The lowest BCUT2D eigenvalue weighted by atomic mass is 10.2. The van der Waals surface area contributed by atoms with Gasteiger partial charge in [0.15, 0.2) is 5.11 Å². The predicted molar refractivity (Wildman–Crippen MR) is 103 cm³/mol. The van der Waals surface area contributed by atoms with Crippen LogP contribution < -0.4 is 20.1 Å². The van der Waals surface area contributed by atoms with Crippen molar-refractivity contribution < 1.29 is 14.3 Å². The Bertz CT molecular complexity index is 772. The lowest BCUT2D eigenvalue weighted by Crippen LogP contribution is -2.34. The van der Waals surface area contributed by atoms with E-state index in [2.05, 4.69) is 17.2 Å². The third-order valence-corrected chi connectivity index (χ3v) is 3.38. The highest BCUT2D eigenvalue weighted by atomic mass is 32.1. The van der Waals surface area contributed by atoms with Gasteiger partial charge in [0.1, 0.15) is 18.1 Å². The molecule has 2 N–H and O–H groups in total. The van der Waals surface area contributed by atoms with Crippen molar-refractivity contribution in [2.75, 3.05) is 19.0 Å². The summed E-state index contributed by atoms with van der Waals surface area (Å²) in [7, 11) is 1.51. The van der Waals surface area contributed by atoms with Crippen molar-refractivity contribution in [3.63, 3.8) is 0 Å². The largest absolute Gasteiger partial charge is 0.496 e. The number of hydrogen-bond acceptors (Lipinski definition) is 4. The van der Waals surface area contributed by atoms with Gasteiger partial charge in [0.25, 0.3) is 5.91 Å². The van der Waals surface area contributed by atoms with E-state index < -0.39 is 0 Å². The Morgan fingerprint density at radius 1 is 1.16 bits per heavy atom. The Kier molecular flexibility index (Phi) is 6.54. The lowest BCUT2D eigenvalue weighted by molar-refractivity contribution is 0.0975. The lowest BCUT2D eigenvalue weighted by Gasteiger charge is -2.12. The molecule has 2 rings (SSSR count). The number of carbonyl (C=O) groups is 1. The summed E-state index contributed by atoms with van der Waals surface area (Å²) in [6, 6.07) is 14.2. The van der Waals surface area contributed by atoms with E-state index in [1.807, 2.05) is 31.2 Å². The van der Waals surface area contributed by atoms with Crippen LogP contribution in [0.5, 0.6) is 11.5 Å². The minimum Gasteiger partial charge on any atom is -0.496 e. The highest BCUT2D eigenvalue weighted by Gasteiger charge is 2.12. The summed E-state index contributed by atoms with van der Waals surface area (Å²) >= 11 is 5.18. The first-order valence-electron chi connectivity index (χ1n) is 7.62. The van der Waals surface area contributed by atoms with Crippen LogP contribution in [0.2, 0.25) is 0 Å². The molecule has 130 valence electrons. The number of methoxy groups -OCH3 is 1. The molecule has 0 aliphatic carbocycles. The molecule has 0 aliphatic rings. The number of hydrogen-bond donors (Lipinski definition) is 2. The second kappa shape index (κ2) is 8.84. The average Bonchev–Trinajstić information content (AvgIpc) is 2.60. The highest BCUT2D eigenvalue weighted by Crippen LogP contribution is 2.18. The first kappa shape index (κ1) is 18.5. The molecule has 0 atom stereocenters. The fourth-order valence-electron chi connectivity index (χ4n) is 2.01. The minimum atomic E-state index is -0.337. The van der Waals surface area contributed by atoms with Crippen LogP contribution in [0.1, 0.15) is 17.3 Å². The highest BCUT2D eigenvalue weighted by molar-refractivity contribution is 7.80. The van der Waals surface area contributed by atoms with Crippen LogP contribution in [0.25, 0.3) is 0 Å². The zero-order valence-corrected chi connectivity index (χ0v) is 15.0. The van der Waals surface area contributed by atoms with Crippen LogP contribution in [-0.2, 0) is 0 Å². The number of thiocarbonyl (C=S) groups is 1. The molecule has 5 nitrogen and oxygen atoms in total. The van der Waals surface area contributed by atoms with E-state index in [4.69, 9.17) is 21.7 Å². The molecule has 0 saturated heterocycles. The van der Waals surface area contributed by atoms with Crippen LogP contribution in [0.3, 0.4) is 0 Å². The summed E-state index contributed by atoms with van der Waals surface area (Å²) < 4.78 is 10.7. The number of nitrogens with one attached hydrogen (secondary N) is 2. The molecule has 0 bridgehead atoms. The van der Waals surface area contributed by atoms with E-state index in [9.17, 15) is 4.79 Å². The van der Waals surface area contributed by atoms with Gasteiger partial charge in [-0.2, -0.15) is 0 Å². The monoisotopic (exact) mass is 356 g/mol. The summed E-state index contributed by atoms with van der Waals surface area (Å²) in [6.07, 6.45) is 0. The molecule has 2 aromatic rings. The van der Waals surface area contributed by atoms with E-state index in [-0.39, 0.29) is 11.0 Å². The molecule has 0 heterocycles. The van der Waals surface area contributed by atoms with Crippen molar-refractivity contribution >= 4 is 28.9 Å². The van der Waals surface area contributed by atoms with E-state index in [1.165, 1.54) is 7.11 Å². The van der Waals surface area contributed by atoms with E-state index in [1.54, 1.807) is 24.3 Å². The Labute approximate surface area is 152 Å². The van der Waals surface area contributed by atoms with E-state index >= 15 is 0 Å². The summed E-state index contributed by atoms with van der Waals surface area (Å²) in [5.41, 5.74) is 2.10. The maximum atomic E-state index is 12.3. The van der Waals surface area contributed by atoms with Gasteiger partial charge in [-0.05, 0) is 61.1 Å². The molecule has 0 saturated carbocycles. The molecule has 0 fully saturated rings. The van der Waals surface area contributed by atoms with Crippen molar-refractivity contribution in [1.29, 1.82) is 0 Å². The van der Waals surface area contributed by atoms with Gasteiger partial charge in [0.05, 0.1) is 12.7 Å². The Morgan fingerprint density at radius 2 is 1.84 bits per heavy atom. The SMILES string of the molecule is C=C(C)COc1ccc(NC(=S)NC(=O)c2ccccc2OC)cc1. The fraction of sp³-hybridized carbons (Fsp3) is 0.158. The molecule has 6 heteroatoms. The van der Waals surface area contributed by atoms with E-state index in [0.717, 1.165) is 17.0 Å². The minimum absolute atomic E-state index is 0.200. The molecular weight excluding hydrogens is 336 g/mol. The van der Waals surface area contributed by atoms with Crippen LogP contribution in [0.4, 0.5) is 5.69 Å². The van der Waals surface area contributed by atoms with Crippen molar-refractivity contribution in [2.45, 2.75) is 6.92 Å². The summed E-state index contributed by atoms with van der Waals surface area (Å²) in [5.74, 6) is 0.885. The van der Waals surface area contributed by atoms with Gasteiger partial charge in [-0.1, -0.05) is 18.7 Å². The average molecular weight is 356 g/mol. The second-order valence-electron chi connectivity index (χ2n) is 5.38. The number of rotatable bonds is 6. The van der Waals surface area contributed by atoms with Crippen molar-refractivity contribution in [2.24, 2.45) is 0 Å². The Hall–Kier alpha value is -2.86. The molecule has 0 spiro atoms. The number of para-hydroxylation sites is 1. The third kappa shape index (κ3) is 5.61. The maximum Gasteiger partial charge on any atom is 0.261 e. The van der Waals surface area contributed by atoms with Gasteiger partial charge in [-0.15, -0.1) is 0 Å². The standard InChI is InChI=1S/C19H20N2O3S/c1-13(2)12-24-15-10-8-14(9-11-15)20-19(25)21-18(22)16-6-4-5-7-17(16)23-3/h4-11H,1,12H2,2-3H3,(H2,20,21,22,25). The molecule has 0 aliphatic heterocycles. The third-order valence-electron chi connectivity index (χ3n) is 3.18. The van der Waals surface area contributed by atoms with Gasteiger partial charge in [-0.25, -0.2) is 0 Å². The predicted octanol–water partition coefficient (Wildman–Crippen LogP) is 3.78. The van der Waals surface area contributed by atoms with Gasteiger partial charge in [-0.3, -0.25) is 10.1 Å². The van der Waals surface area contributed by atoms with Crippen molar-refractivity contribution in [3.8, 4) is 11.5 Å². The number of anilines is 1. The van der Waals surface area contributed by atoms with Crippen LogP contribution in [0, 0.1) is 0 Å². The first-order valence-corrected chi connectivity index (χ1v) is 8.03. The Morgan fingerprint density at radius 3 is 2.48 bits per heavy atom. The van der Waals surface area contributed by atoms with Crippen LogP contribution in [0.15, 0.2) is 60.7 Å². The Balaban J connectivity index is 1.93. The number of ether oxygens (including phenoxy) is 2. The maximum absolute atomic E-state index is 12.3. The van der Waals surface area contributed by atoms with E-state index in [0.29, 0.717) is 17.9 Å². The van der Waals surface area contributed by atoms with Gasteiger partial charge in [0, 0.05) is 5.69 Å². The van der Waals surface area contributed by atoms with Crippen molar-refractivity contribution in [1.82, 2.24) is 5.32 Å². The second-order valence-corrected chi connectivity index (χ2v) is 5.79. The molecule has 1 amide bonds. The zero-order valence-electron chi connectivity index (χ0n) is 14.2. The summed E-state index contributed by atoms with van der Waals surface area (Å²) in [5, 5.41) is 5.79. The quantitative estimate of drug-likeness (QED) is 0.609. The topological polar surface area (TPSA) is 59.6 Å². The zero-order chi connectivity index (χ0) is 18.2. The number of benzene rings is 2. The molecule has 0 radical (unpaired) electrons. The molecule has 0 aromatic heterocycles. The smallest absolute Gasteiger partial charge is 0.261 e. The van der Waals surface area contributed by atoms with Crippen LogP contribution in [-0.4, -0.2) is 24.7 Å². The van der Waals surface area contributed by atoms with Crippen molar-refractivity contribution in [3.05, 3.63) is 66.2 Å². The fourth-order valence-corrected chi connectivity index (χ4v) is 2.22. The van der Waals surface area contributed by atoms with Gasteiger partial charge >= 0.3 is 0 Å². The summed E-state index contributed by atoms with van der Waals surface area (Å²) in [6.45, 7) is 6.16. The molecule has 25 heavy (non-hydrogen) atoms. The number of carbonyl (C=O) groups excluding carboxylic acids is 1. The van der Waals surface area contributed by atoms with Crippen LogP contribution >= 0.6 is 12.2 Å².